The maximum absolute atomic E-state index is 13.0. The Bertz CT molecular complexity index is 996. The standard InChI is InChI=1S/C23H25NO5/c1-13-12-15(9-11-17(13)28-3)21(25)19-20(18-10-8-14(2)29-18)24(23(27)22(19)26)16-6-4-5-7-16/h8-12,16,20,25H,4-7H2,1-3H3/b21-19-. The van der Waals surface area contributed by atoms with Gasteiger partial charge in [0.25, 0.3) is 11.7 Å². The van der Waals surface area contributed by atoms with Gasteiger partial charge in [0.15, 0.2) is 0 Å². The first kappa shape index (κ1) is 19.3. The molecule has 29 heavy (non-hydrogen) atoms. The molecule has 4 rings (SSSR count). The number of hydrogen-bond acceptors (Lipinski definition) is 5. The number of furan rings is 1. The zero-order valence-corrected chi connectivity index (χ0v) is 16.9. The number of carbonyl (C=O) groups excluding carboxylic acids is 2. The van der Waals surface area contributed by atoms with Gasteiger partial charge in [-0.25, -0.2) is 0 Å². The predicted molar refractivity (Wildman–Crippen MR) is 108 cm³/mol. The average Bonchev–Trinajstić information content (AvgIpc) is 3.42. The van der Waals surface area contributed by atoms with Gasteiger partial charge in [0.1, 0.15) is 29.1 Å². The molecule has 0 spiro atoms. The van der Waals surface area contributed by atoms with Crippen LogP contribution in [0.15, 0.2) is 40.3 Å². The molecular formula is C23H25NO5. The molecule has 2 aromatic rings. The molecule has 1 unspecified atom stereocenters. The molecule has 1 aromatic carbocycles. The quantitative estimate of drug-likeness (QED) is 0.475. The second kappa shape index (κ2) is 7.43. The summed E-state index contributed by atoms with van der Waals surface area (Å²) in [5.74, 6) is 0.460. The number of ketones is 1. The Labute approximate surface area is 169 Å². The second-order valence-corrected chi connectivity index (χ2v) is 7.78. The fraction of sp³-hybridized carbons (Fsp3) is 0.391. The summed E-state index contributed by atoms with van der Waals surface area (Å²) in [4.78, 5) is 27.6. The van der Waals surface area contributed by atoms with Crippen molar-refractivity contribution in [2.75, 3.05) is 7.11 Å². The van der Waals surface area contributed by atoms with E-state index >= 15 is 0 Å². The number of likely N-dealkylation sites (tertiary alicyclic amines) is 1. The van der Waals surface area contributed by atoms with Crippen LogP contribution in [-0.4, -0.2) is 34.8 Å². The third-order valence-electron chi connectivity index (χ3n) is 5.90. The number of Topliss-reactive ketones (excluding diaryl/α,β-unsaturated/α-hetero) is 1. The number of aliphatic hydroxyl groups excluding tert-OH is 1. The van der Waals surface area contributed by atoms with E-state index < -0.39 is 17.7 Å². The van der Waals surface area contributed by atoms with Crippen LogP contribution in [0.1, 0.15) is 54.4 Å². The van der Waals surface area contributed by atoms with Crippen LogP contribution in [0.5, 0.6) is 5.75 Å². The second-order valence-electron chi connectivity index (χ2n) is 7.78. The fourth-order valence-corrected chi connectivity index (χ4v) is 4.47. The van der Waals surface area contributed by atoms with Crippen molar-refractivity contribution >= 4 is 17.4 Å². The normalized spacial score (nSPS) is 21.9. The molecule has 2 heterocycles. The summed E-state index contributed by atoms with van der Waals surface area (Å²) in [7, 11) is 1.58. The zero-order chi connectivity index (χ0) is 20.7. The van der Waals surface area contributed by atoms with Gasteiger partial charge in [-0.2, -0.15) is 0 Å². The van der Waals surface area contributed by atoms with E-state index in [4.69, 9.17) is 9.15 Å². The van der Waals surface area contributed by atoms with Gasteiger partial charge in [0, 0.05) is 11.6 Å². The average molecular weight is 395 g/mol. The van der Waals surface area contributed by atoms with Crippen LogP contribution in [-0.2, 0) is 9.59 Å². The van der Waals surface area contributed by atoms with E-state index in [0.717, 1.165) is 31.2 Å². The van der Waals surface area contributed by atoms with E-state index in [9.17, 15) is 14.7 Å². The minimum atomic E-state index is -0.714. The number of aliphatic hydroxyl groups is 1. The number of amides is 1. The van der Waals surface area contributed by atoms with Gasteiger partial charge in [0.05, 0.1) is 12.7 Å². The Morgan fingerprint density at radius 1 is 1.14 bits per heavy atom. The fourth-order valence-electron chi connectivity index (χ4n) is 4.47. The lowest BCUT2D eigenvalue weighted by Crippen LogP contribution is -2.37. The third kappa shape index (κ3) is 3.22. The largest absolute Gasteiger partial charge is 0.507 e. The molecule has 1 amide bonds. The van der Waals surface area contributed by atoms with Crippen molar-refractivity contribution in [1.82, 2.24) is 4.90 Å². The maximum atomic E-state index is 13.0. The highest BCUT2D eigenvalue weighted by molar-refractivity contribution is 6.46. The highest BCUT2D eigenvalue weighted by Gasteiger charge is 2.50. The molecule has 1 N–H and O–H groups in total. The van der Waals surface area contributed by atoms with E-state index in [-0.39, 0.29) is 17.4 Å². The van der Waals surface area contributed by atoms with Crippen molar-refractivity contribution in [3.8, 4) is 5.75 Å². The van der Waals surface area contributed by atoms with Gasteiger partial charge in [-0.3, -0.25) is 9.59 Å². The summed E-state index contributed by atoms with van der Waals surface area (Å²) >= 11 is 0. The van der Waals surface area contributed by atoms with Crippen LogP contribution < -0.4 is 4.74 Å². The van der Waals surface area contributed by atoms with E-state index in [1.54, 1.807) is 36.3 Å². The first-order chi connectivity index (χ1) is 13.9. The summed E-state index contributed by atoms with van der Waals surface area (Å²) in [6.45, 7) is 3.68. The summed E-state index contributed by atoms with van der Waals surface area (Å²) in [6, 6.07) is 8.03. The molecule has 0 radical (unpaired) electrons. The Kier molecular flexibility index (Phi) is 4.94. The third-order valence-corrected chi connectivity index (χ3v) is 5.90. The highest BCUT2D eigenvalue weighted by atomic mass is 16.5. The minimum absolute atomic E-state index is 0.0234. The molecule has 1 aliphatic heterocycles. The van der Waals surface area contributed by atoms with Gasteiger partial charge in [-0.1, -0.05) is 12.8 Å². The molecule has 2 aliphatic rings. The smallest absolute Gasteiger partial charge is 0.296 e. The number of rotatable bonds is 4. The Hall–Kier alpha value is -3.02. The van der Waals surface area contributed by atoms with Crippen molar-refractivity contribution in [3.63, 3.8) is 0 Å². The number of hydrogen-bond donors (Lipinski definition) is 1. The van der Waals surface area contributed by atoms with Crippen molar-refractivity contribution in [3.05, 3.63) is 58.6 Å². The molecule has 1 atom stereocenters. The van der Waals surface area contributed by atoms with Crippen LogP contribution in [0.25, 0.3) is 5.76 Å². The molecule has 0 bridgehead atoms. The molecule has 1 saturated heterocycles. The molecule has 6 heteroatoms. The van der Waals surface area contributed by atoms with Gasteiger partial charge in [-0.15, -0.1) is 0 Å². The molecular weight excluding hydrogens is 370 g/mol. The molecule has 1 aromatic heterocycles. The van der Waals surface area contributed by atoms with Crippen LogP contribution >= 0.6 is 0 Å². The summed E-state index contributed by atoms with van der Waals surface area (Å²) < 4.78 is 11.1. The lowest BCUT2D eigenvalue weighted by Gasteiger charge is -2.29. The van der Waals surface area contributed by atoms with E-state index in [1.165, 1.54) is 0 Å². The Balaban J connectivity index is 1.86. The predicted octanol–water partition coefficient (Wildman–Crippen LogP) is 4.27. The molecule has 152 valence electrons. The Morgan fingerprint density at radius 2 is 1.86 bits per heavy atom. The first-order valence-electron chi connectivity index (χ1n) is 9.94. The number of ether oxygens (including phenoxy) is 1. The van der Waals surface area contributed by atoms with Crippen LogP contribution in [0, 0.1) is 13.8 Å². The van der Waals surface area contributed by atoms with Gasteiger partial charge >= 0.3 is 0 Å². The van der Waals surface area contributed by atoms with Gasteiger partial charge in [-0.05, 0) is 62.6 Å². The molecule has 1 aliphatic carbocycles. The lowest BCUT2D eigenvalue weighted by molar-refractivity contribution is -0.141. The van der Waals surface area contributed by atoms with Crippen LogP contribution in [0.4, 0.5) is 0 Å². The summed E-state index contributed by atoms with van der Waals surface area (Å²) in [6.07, 6.45) is 3.75. The highest BCUT2D eigenvalue weighted by Crippen LogP contribution is 2.44. The number of carbonyl (C=O) groups is 2. The number of nitrogens with zero attached hydrogens (tertiary/aromatic N) is 1. The monoisotopic (exact) mass is 395 g/mol. The lowest BCUT2D eigenvalue weighted by atomic mass is 9.98. The summed E-state index contributed by atoms with van der Waals surface area (Å²) in [5.41, 5.74) is 1.38. The van der Waals surface area contributed by atoms with E-state index in [0.29, 0.717) is 22.8 Å². The topological polar surface area (TPSA) is 80.0 Å². The van der Waals surface area contributed by atoms with Crippen LogP contribution in [0.3, 0.4) is 0 Å². The minimum Gasteiger partial charge on any atom is -0.507 e. The SMILES string of the molecule is COc1ccc(/C(O)=C2/C(=O)C(=O)N(C3CCCC3)C2c2ccc(C)o2)cc1C. The summed E-state index contributed by atoms with van der Waals surface area (Å²) in [5, 5.41) is 11.1. The molecule has 6 nitrogen and oxygen atoms in total. The van der Waals surface area contributed by atoms with Crippen molar-refractivity contribution < 1.29 is 23.8 Å². The van der Waals surface area contributed by atoms with E-state index in [1.807, 2.05) is 19.9 Å². The van der Waals surface area contributed by atoms with Gasteiger partial charge < -0.3 is 19.2 Å². The number of methoxy groups -OCH3 is 1. The van der Waals surface area contributed by atoms with Crippen LogP contribution in [0.2, 0.25) is 0 Å². The Morgan fingerprint density at radius 3 is 2.45 bits per heavy atom. The number of aryl methyl sites for hydroxylation is 2. The van der Waals surface area contributed by atoms with Crippen molar-refractivity contribution in [2.24, 2.45) is 0 Å². The zero-order valence-electron chi connectivity index (χ0n) is 16.9. The van der Waals surface area contributed by atoms with Crippen molar-refractivity contribution in [1.29, 1.82) is 0 Å². The molecule has 1 saturated carbocycles. The number of benzene rings is 1. The van der Waals surface area contributed by atoms with Crippen molar-refractivity contribution in [2.45, 2.75) is 51.6 Å². The molecule has 2 fully saturated rings. The van der Waals surface area contributed by atoms with E-state index in [2.05, 4.69) is 0 Å². The first-order valence-corrected chi connectivity index (χ1v) is 9.94. The maximum Gasteiger partial charge on any atom is 0.296 e. The van der Waals surface area contributed by atoms with Gasteiger partial charge in [0.2, 0.25) is 0 Å².